The number of hydroxylamine groups is 1. The van der Waals surface area contributed by atoms with Crippen LogP contribution in [0, 0.1) is 24.4 Å². The Bertz CT molecular complexity index is 2370. The van der Waals surface area contributed by atoms with Crippen molar-refractivity contribution in [1.29, 1.82) is 0 Å². The third-order valence-electron chi connectivity index (χ3n) is 11.2. The highest BCUT2D eigenvalue weighted by Crippen LogP contribution is 2.31. The molecular weight excluding hydrogens is 816 g/mol. The van der Waals surface area contributed by atoms with E-state index in [1.807, 2.05) is 18.7 Å². The number of piperazine rings is 1. The molecule has 4 heterocycles. The van der Waals surface area contributed by atoms with Crippen LogP contribution in [0.15, 0.2) is 54.6 Å². The van der Waals surface area contributed by atoms with Gasteiger partial charge in [0.1, 0.15) is 5.82 Å². The maximum atomic E-state index is 14.8. The Balaban J connectivity index is 0.924. The normalized spacial score (nSPS) is 15.5. The van der Waals surface area contributed by atoms with Gasteiger partial charge in [-0.2, -0.15) is 15.0 Å². The summed E-state index contributed by atoms with van der Waals surface area (Å²) in [5.41, 5.74) is 1.98. The number of carbonyl (C=O) groups is 1. The van der Waals surface area contributed by atoms with Crippen molar-refractivity contribution in [3.8, 4) is 5.95 Å². The van der Waals surface area contributed by atoms with Crippen molar-refractivity contribution in [2.24, 2.45) is 0 Å². The molecular formula is C43H51F5N10O4. The molecule has 0 aliphatic carbocycles. The Kier molecular flexibility index (Phi) is 13.6. The van der Waals surface area contributed by atoms with E-state index in [9.17, 15) is 26.7 Å². The van der Waals surface area contributed by atoms with E-state index >= 15 is 0 Å². The van der Waals surface area contributed by atoms with Gasteiger partial charge in [-0.15, -0.1) is 0 Å². The summed E-state index contributed by atoms with van der Waals surface area (Å²) >= 11 is 0. The van der Waals surface area contributed by atoms with Crippen molar-refractivity contribution in [3.05, 3.63) is 89.0 Å². The average molecular weight is 867 g/mol. The van der Waals surface area contributed by atoms with Crippen molar-refractivity contribution in [2.75, 3.05) is 80.8 Å². The van der Waals surface area contributed by atoms with E-state index in [0.717, 1.165) is 12.1 Å². The number of benzene rings is 3. The molecule has 62 heavy (non-hydrogen) atoms. The van der Waals surface area contributed by atoms with Crippen molar-refractivity contribution in [2.45, 2.75) is 65.0 Å². The summed E-state index contributed by atoms with van der Waals surface area (Å²) in [7, 11) is 0. The lowest BCUT2D eigenvalue weighted by Gasteiger charge is -2.44. The molecule has 332 valence electrons. The van der Waals surface area contributed by atoms with Gasteiger partial charge in [0.15, 0.2) is 17.5 Å². The first kappa shape index (κ1) is 44.6. The highest BCUT2D eigenvalue weighted by molar-refractivity contribution is 6.00. The number of aryl methyl sites for hydroxylation is 1. The number of amides is 1. The molecule has 0 radical (unpaired) electrons. The summed E-state index contributed by atoms with van der Waals surface area (Å²) in [4.78, 5) is 43.3. The van der Waals surface area contributed by atoms with Crippen molar-refractivity contribution >= 4 is 40.2 Å². The zero-order valence-electron chi connectivity index (χ0n) is 35.4. The van der Waals surface area contributed by atoms with Crippen molar-refractivity contribution in [1.82, 2.24) is 34.9 Å². The monoisotopic (exact) mass is 866 g/mol. The summed E-state index contributed by atoms with van der Waals surface area (Å²) in [6.45, 7) is 14.9. The summed E-state index contributed by atoms with van der Waals surface area (Å²) < 4.78 is 85.4. The second-order valence-electron chi connectivity index (χ2n) is 16.5. The molecule has 0 unspecified atom stereocenters. The number of ether oxygens (including phenoxy) is 2. The highest BCUT2D eigenvalue weighted by Gasteiger charge is 2.33. The Morgan fingerprint density at radius 3 is 2.18 bits per heavy atom. The minimum absolute atomic E-state index is 0.0513. The number of nitrogens with zero attached hydrogens (tertiary/aromatic N) is 8. The quantitative estimate of drug-likeness (QED) is 0.0586. The van der Waals surface area contributed by atoms with Crippen LogP contribution in [-0.4, -0.2) is 112 Å². The number of alkyl halides is 2. The van der Waals surface area contributed by atoms with E-state index in [4.69, 9.17) is 24.3 Å². The fourth-order valence-corrected chi connectivity index (χ4v) is 7.40. The minimum Gasteiger partial charge on any atom is -0.378 e. The van der Waals surface area contributed by atoms with Gasteiger partial charge in [-0.1, -0.05) is 18.2 Å². The van der Waals surface area contributed by atoms with Crippen LogP contribution in [0.2, 0.25) is 0 Å². The summed E-state index contributed by atoms with van der Waals surface area (Å²) in [6, 6.07) is 13.0. The van der Waals surface area contributed by atoms with Gasteiger partial charge in [0.2, 0.25) is 17.8 Å². The van der Waals surface area contributed by atoms with Crippen LogP contribution in [-0.2, 0) is 14.3 Å². The number of anilines is 4. The number of hydrogen-bond donors (Lipinski definition) is 2. The Labute approximate surface area is 356 Å². The molecule has 2 fully saturated rings. The molecule has 5 aromatic rings. The average Bonchev–Trinajstić information content (AvgIpc) is 3.65. The van der Waals surface area contributed by atoms with Crippen LogP contribution in [0.4, 0.5) is 45.2 Å². The van der Waals surface area contributed by atoms with Gasteiger partial charge in [-0.25, -0.2) is 32.4 Å². The summed E-state index contributed by atoms with van der Waals surface area (Å²) in [5, 5.41) is 2.50. The highest BCUT2D eigenvalue weighted by atomic mass is 19.3. The van der Waals surface area contributed by atoms with Crippen LogP contribution in [0.25, 0.3) is 17.0 Å². The number of imidazole rings is 1. The zero-order valence-corrected chi connectivity index (χ0v) is 35.4. The number of rotatable bonds is 16. The number of nitrogens with one attached hydrogen (secondary N) is 2. The van der Waals surface area contributed by atoms with Crippen molar-refractivity contribution < 1.29 is 41.1 Å². The lowest BCUT2D eigenvalue weighted by molar-refractivity contribution is -0.0624. The molecule has 7 rings (SSSR count). The molecule has 19 heteroatoms. The Morgan fingerprint density at radius 2 is 1.48 bits per heavy atom. The fourth-order valence-electron chi connectivity index (χ4n) is 7.40. The first-order valence-electron chi connectivity index (χ1n) is 20.5. The molecule has 2 aliphatic rings. The maximum Gasteiger partial charge on any atom is 0.296 e. The third-order valence-corrected chi connectivity index (χ3v) is 11.2. The maximum absolute atomic E-state index is 14.8. The molecule has 0 atom stereocenters. The number of carbonyl (C=O) groups excluding carboxylic acids is 1. The van der Waals surface area contributed by atoms with Gasteiger partial charge in [0, 0.05) is 57.8 Å². The lowest BCUT2D eigenvalue weighted by Crippen LogP contribution is -2.55. The molecule has 3 aromatic carbocycles. The van der Waals surface area contributed by atoms with E-state index in [1.54, 1.807) is 37.3 Å². The van der Waals surface area contributed by atoms with Gasteiger partial charge in [0.25, 0.3) is 12.3 Å². The number of aromatic nitrogens is 5. The summed E-state index contributed by atoms with van der Waals surface area (Å²) in [5.74, 6) is -3.64. The SMILES string of the molecule is Cc1ccc(Nc2c(C(=O)NOCCC(C)(C)OCCC(C)(C)N3CCN(c4nc(N5CCOCC5)nc(-n5c(C(F)F)nc6ccccc65)n4)CC3)ccc(F)c2F)c(F)c1. The van der Waals surface area contributed by atoms with Crippen LogP contribution < -0.4 is 20.6 Å². The number of para-hydroxylation sites is 2. The van der Waals surface area contributed by atoms with E-state index in [-0.39, 0.29) is 29.3 Å². The molecule has 14 nitrogen and oxygen atoms in total. The smallest absolute Gasteiger partial charge is 0.296 e. The minimum atomic E-state index is -2.85. The molecule has 0 bridgehead atoms. The van der Waals surface area contributed by atoms with E-state index in [1.165, 1.54) is 16.7 Å². The topological polar surface area (TPSA) is 135 Å². The van der Waals surface area contributed by atoms with Gasteiger partial charge >= 0.3 is 0 Å². The van der Waals surface area contributed by atoms with Gasteiger partial charge < -0.3 is 24.6 Å². The number of halogens is 5. The van der Waals surface area contributed by atoms with E-state index < -0.39 is 46.9 Å². The van der Waals surface area contributed by atoms with Gasteiger partial charge in [-0.3, -0.25) is 19.1 Å². The summed E-state index contributed by atoms with van der Waals surface area (Å²) in [6.07, 6.45) is -1.77. The predicted octanol–water partition coefficient (Wildman–Crippen LogP) is 7.29. The fraction of sp³-hybridized carbons (Fsp3) is 0.465. The number of hydrogen-bond acceptors (Lipinski definition) is 12. The van der Waals surface area contributed by atoms with Gasteiger partial charge in [0.05, 0.1) is 53.4 Å². The standard InChI is InChI=1S/C43H51F5N10O4/c1-27-10-13-31(30(45)26-27)49-35-28(11-12-29(44)34(35)46)38(59)54-62-23-15-43(4,5)61-22-14-42(2,3)57-18-16-55(17-19-57)39-51-40(56-20-24-60-25-21-56)53-41(52-39)58-33-9-7-6-8-32(33)50-37(58)36(47)48/h6-13,26,36,49H,14-25H2,1-5H3,(H,54,59). The molecule has 2 N–H and O–H groups in total. The molecule has 2 saturated heterocycles. The van der Waals surface area contributed by atoms with E-state index in [0.29, 0.717) is 100 Å². The largest absolute Gasteiger partial charge is 0.378 e. The first-order valence-corrected chi connectivity index (χ1v) is 20.5. The molecule has 0 saturated carbocycles. The Hall–Kier alpha value is -5.50. The van der Waals surface area contributed by atoms with Crippen molar-refractivity contribution in [3.63, 3.8) is 0 Å². The predicted molar refractivity (Wildman–Crippen MR) is 224 cm³/mol. The van der Waals surface area contributed by atoms with Crippen LogP contribution in [0.5, 0.6) is 0 Å². The lowest BCUT2D eigenvalue weighted by atomic mass is 9.97. The Morgan fingerprint density at radius 1 is 0.806 bits per heavy atom. The second kappa shape index (κ2) is 18.9. The zero-order chi connectivity index (χ0) is 44.2. The van der Waals surface area contributed by atoms with Crippen LogP contribution in [0.3, 0.4) is 0 Å². The second-order valence-corrected chi connectivity index (χ2v) is 16.5. The third kappa shape index (κ3) is 10.2. The van der Waals surface area contributed by atoms with Crippen LogP contribution >= 0.6 is 0 Å². The molecule has 2 aromatic heterocycles. The van der Waals surface area contributed by atoms with E-state index in [2.05, 4.69) is 44.4 Å². The first-order chi connectivity index (χ1) is 29.6. The number of morpholine rings is 1. The molecule has 1 amide bonds. The molecule has 2 aliphatic heterocycles. The number of fused-ring (bicyclic) bond motifs is 1. The van der Waals surface area contributed by atoms with Gasteiger partial charge in [-0.05, 0) is 83.0 Å². The van der Waals surface area contributed by atoms with Crippen LogP contribution in [0.1, 0.15) is 68.7 Å². The molecule has 0 spiro atoms.